The summed E-state index contributed by atoms with van der Waals surface area (Å²) in [5.41, 5.74) is 5.93. The molecule has 0 aliphatic heterocycles. The van der Waals surface area contributed by atoms with Crippen LogP contribution in [0.15, 0.2) is 18.2 Å². The van der Waals surface area contributed by atoms with Gasteiger partial charge in [0.15, 0.2) is 0 Å². The van der Waals surface area contributed by atoms with Gasteiger partial charge < -0.3 is 15.8 Å². The molecule has 94 valence electrons. The zero-order valence-corrected chi connectivity index (χ0v) is 10.4. The Morgan fingerprint density at radius 3 is 2.82 bits per heavy atom. The summed E-state index contributed by atoms with van der Waals surface area (Å²) in [6.45, 7) is 3.26. The van der Waals surface area contributed by atoms with Crippen LogP contribution in [0.1, 0.15) is 32.6 Å². The zero-order chi connectivity index (χ0) is 12.1. The minimum atomic E-state index is 0.0395. The van der Waals surface area contributed by atoms with Crippen molar-refractivity contribution in [3.05, 3.63) is 18.2 Å². The Morgan fingerprint density at radius 2 is 2.18 bits per heavy atom. The molecule has 1 aliphatic rings. The predicted octanol–water partition coefficient (Wildman–Crippen LogP) is 2.16. The van der Waals surface area contributed by atoms with Gasteiger partial charge in [0, 0.05) is 12.6 Å². The molecule has 4 heteroatoms. The van der Waals surface area contributed by atoms with Crippen molar-refractivity contribution in [2.45, 2.75) is 38.1 Å². The molecule has 1 aromatic rings. The number of nitrogens with zero attached hydrogens (tertiary/aromatic N) is 1. The lowest BCUT2D eigenvalue weighted by atomic mass is 9.98. The van der Waals surface area contributed by atoms with Crippen LogP contribution in [-0.2, 0) is 0 Å². The van der Waals surface area contributed by atoms with Gasteiger partial charge in [0.2, 0.25) is 5.88 Å². The molecular formula is C13H21N3O. The Kier molecular flexibility index (Phi) is 3.84. The molecule has 0 atom stereocenters. The maximum Gasteiger partial charge on any atom is 0.215 e. The van der Waals surface area contributed by atoms with E-state index in [1.807, 2.05) is 25.1 Å². The molecule has 0 aromatic carbocycles. The van der Waals surface area contributed by atoms with E-state index in [2.05, 4.69) is 10.3 Å². The van der Waals surface area contributed by atoms with Gasteiger partial charge in [-0.2, -0.15) is 4.98 Å². The second-order valence-electron chi connectivity index (χ2n) is 4.61. The van der Waals surface area contributed by atoms with E-state index in [1.54, 1.807) is 0 Å². The second kappa shape index (κ2) is 5.36. The van der Waals surface area contributed by atoms with Crippen molar-refractivity contribution in [3.8, 4) is 5.88 Å². The van der Waals surface area contributed by atoms with Crippen LogP contribution in [0.4, 0.5) is 5.82 Å². The standard InChI is InChI=1S/C13H21N3O/c1-2-17-12-7-5-6-11(15-12)16-13(10-14)8-3-4-9-13/h5-7H,2-4,8-10,14H2,1H3,(H,15,16). The van der Waals surface area contributed by atoms with E-state index in [0.717, 1.165) is 18.7 Å². The zero-order valence-electron chi connectivity index (χ0n) is 10.4. The summed E-state index contributed by atoms with van der Waals surface area (Å²) in [6.07, 6.45) is 4.75. The first-order valence-electron chi connectivity index (χ1n) is 6.36. The molecule has 1 aliphatic carbocycles. The highest BCUT2D eigenvalue weighted by Crippen LogP contribution is 2.32. The lowest BCUT2D eigenvalue weighted by molar-refractivity contribution is 0.327. The smallest absolute Gasteiger partial charge is 0.215 e. The molecule has 1 aromatic heterocycles. The first kappa shape index (κ1) is 12.2. The quantitative estimate of drug-likeness (QED) is 0.821. The van der Waals surface area contributed by atoms with E-state index >= 15 is 0 Å². The van der Waals surface area contributed by atoms with E-state index in [9.17, 15) is 0 Å². The third-order valence-corrected chi connectivity index (χ3v) is 3.36. The monoisotopic (exact) mass is 235 g/mol. The van der Waals surface area contributed by atoms with Crippen LogP contribution < -0.4 is 15.8 Å². The van der Waals surface area contributed by atoms with Crippen LogP contribution >= 0.6 is 0 Å². The summed E-state index contributed by atoms with van der Waals surface area (Å²) >= 11 is 0. The fraction of sp³-hybridized carbons (Fsp3) is 0.615. The van der Waals surface area contributed by atoms with Gasteiger partial charge in [0.1, 0.15) is 5.82 Å². The van der Waals surface area contributed by atoms with Crippen molar-refractivity contribution in [2.75, 3.05) is 18.5 Å². The molecule has 0 amide bonds. The van der Waals surface area contributed by atoms with Crippen molar-refractivity contribution < 1.29 is 4.74 Å². The summed E-state index contributed by atoms with van der Waals surface area (Å²) in [5, 5.41) is 3.49. The topological polar surface area (TPSA) is 60.2 Å². The summed E-state index contributed by atoms with van der Waals surface area (Å²) in [6, 6.07) is 5.80. The Balaban J connectivity index is 2.09. The van der Waals surface area contributed by atoms with Crippen molar-refractivity contribution in [1.29, 1.82) is 0 Å². The summed E-state index contributed by atoms with van der Waals surface area (Å²) in [7, 11) is 0. The minimum absolute atomic E-state index is 0.0395. The molecule has 3 N–H and O–H groups in total. The number of nitrogens with one attached hydrogen (secondary N) is 1. The first-order valence-corrected chi connectivity index (χ1v) is 6.36. The SMILES string of the molecule is CCOc1cccc(NC2(CN)CCCC2)n1. The van der Waals surface area contributed by atoms with E-state index in [0.29, 0.717) is 19.0 Å². The van der Waals surface area contributed by atoms with Gasteiger partial charge in [-0.05, 0) is 25.8 Å². The number of aromatic nitrogens is 1. The van der Waals surface area contributed by atoms with Gasteiger partial charge >= 0.3 is 0 Å². The molecule has 0 saturated heterocycles. The number of ether oxygens (including phenoxy) is 1. The normalized spacial score (nSPS) is 18.0. The Bertz CT molecular complexity index is 361. The summed E-state index contributed by atoms with van der Waals surface area (Å²) in [4.78, 5) is 4.43. The van der Waals surface area contributed by atoms with E-state index < -0.39 is 0 Å². The molecular weight excluding hydrogens is 214 g/mol. The van der Waals surface area contributed by atoms with Gasteiger partial charge in [0.25, 0.3) is 0 Å². The van der Waals surface area contributed by atoms with Crippen LogP contribution in [-0.4, -0.2) is 23.7 Å². The van der Waals surface area contributed by atoms with Crippen molar-refractivity contribution in [2.24, 2.45) is 5.73 Å². The summed E-state index contributed by atoms with van der Waals surface area (Å²) < 4.78 is 5.40. The number of rotatable bonds is 5. The number of hydrogen-bond acceptors (Lipinski definition) is 4. The molecule has 2 rings (SSSR count). The highest BCUT2D eigenvalue weighted by Gasteiger charge is 2.32. The molecule has 0 unspecified atom stereocenters. The molecule has 1 fully saturated rings. The summed E-state index contributed by atoms with van der Waals surface area (Å²) in [5.74, 6) is 1.53. The number of nitrogens with two attached hydrogens (primary N) is 1. The molecule has 1 heterocycles. The fourth-order valence-electron chi connectivity index (χ4n) is 2.42. The van der Waals surface area contributed by atoms with Gasteiger partial charge in [-0.3, -0.25) is 0 Å². The number of pyridine rings is 1. The number of hydrogen-bond donors (Lipinski definition) is 2. The van der Waals surface area contributed by atoms with Crippen LogP contribution in [0.3, 0.4) is 0 Å². The van der Waals surface area contributed by atoms with E-state index in [-0.39, 0.29) is 5.54 Å². The molecule has 0 spiro atoms. The van der Waals surface area contributed by atoms with Crippen LogP contribution in [0, 0.1) is 0 Å². The molecule has 4 nitrogen and oxygen atoms in total. The highest BCUT2D eigenvalue weighted by molar-refractivity contribution is 5.40. The average Bonchev–Trinajstić information content (AvgIpc) is 2.79. The van der Waals surface area contributed by atoms with Gasteiger partial charge in [-0.15, -0.1) is 0 Å². The third-order valence-electron chi connectivity index (χ3n) is 3.36. The molecule has 0 radical (unpaired) electrons. The van der Waals surface area contributed by atoms with Crippen molar-refractivity contribution in [3.63, 3.8) is 0 Å². The Morgan fingerprint density at radius 1 is 1.41 bits per heavy atom. The van der Waals surface area contributed by atoms with E-state index in [4.69, 9.17) is 10.5 Å². The lowest BCUT2D eigenvalue weighted by Crippen LogP contribution is -2.43. The van der Waals surface area contributed by atoms with Crippen LogP contribution in [0.2, 0.25) is 0 Å². The third kappa shape index (κ3) is 2.88. The van der Waals surface area contributed by atoms with Gasteiger partial charge in [0.05, 0.1) is 12.1 Å². The largest absolute Gasteiger partial charge is 0.478 e. The highest BCUT2D eigenvalue weighted by atomic mass is 16.5. The lowest BCUT2D eigenvalue weighted by Gasteiger charge is -2.29. The average molecular weight is 235 g/mol. The van der Waals surface area contributed by atoms with Gasteiger partial charge in [-0.25, -0.2) is 0 Å². The second-order valence-corrected chi connectivity index (χ2v) is 4.61. The maximum absolute atomic E-state index is 5.89. The Labute approximate surface area is 103 Å². The minimum Gasteiger partial charge on any atom is -0.478 e. The first-order chi connectivity index (χ1) is 8.28. The Hall–Kier alpha value is -1.29. The van der Waals surface area contributed by atoms with E-state index in [1.165, 1.54) is 12.8 Å². The van der Waals surface area contributed by atoms with Crippen LogP contribution in [0.5, 0.6) is 5.88 Å². The molecule has 17 heavy (non-hydrogen) atoms. The predicted molar refractivity (Wildman–Crippen MR) is 69.3 cm³/mol. The maximum atomic E-state index is 5.89. The van der Waals surface area contributed by atoms with Crippen molar-refractivity contribution >= 4 is 5.82 Å². The molecule has 0 bridgehead atoms. The van der Waals surface area contributed by atoms with Crippen LogP contribution in [0.25, 0.3) is 0 Å². The molecule has 1 saturated carbocycles. The van der Waals surface area contributed by atoms with Crippen molar-refractivity contribution in [1.82, 2.24) is 4.98 Å². The number of anilines is 1. The van der Waals surface area contributed by atoms with Gasteiger partial charge in [-0.1, -0.05) is 18.9 Å². The fourth-order valence-corrected chi connectivity index (χ4v) is 2.42.